The summed E-state index contributed by atoms with van der Waals surface area (Å²) < 4.78 is 5.73. The highest BCUT2D eigenvalue weighted by atomic mass is 16.5. The number of rotatable bonds is 8. The Hall–Kier alpha value is -2.67. The van der Waals surface area contributed by atoms with E-state index in [1.165, 1.54) is 37.1 Å². The normalized spacial score (nSPS) is 16.9. The Morgan fingerprint density at radius 3 is 2.65 bits per heavy atom. The van der Waals surface area contributed by atoms with Crippen molar-refractivity contribution in [2.45, 2.75) is 58.5 Å². The number of hydrogen-bond donors (Lipinski definition) is 1. The lowest BCUT2D eigenvalue weighted by Gasteiger charge is -2.25. The van der Waals surface area contributed by atoms with Gasteiger partial charge >= 0.3 is 6.01 Å². The Kier molecular flexibility index (Phi) is 7.02. The van der Waals surface area contributed by atoms with E-state index in [9.17, 15) is 4.79 Å². The minimum atomic E-state index is 0.168. The molecule has 7 heteroatoms. The van der Waals surface area contributed by atoms with Crippen LogP contribution in [-0.4, -0.2) is 46.9 Å². The van der Waals surface area contributed by atoms with Crippen LogP contribution in [0.1, 0.15) is 55.7 Å². The molecule has 1 fully saturated rings. The van der Waals surface area contributed by atoms with Crippen LogP contribution >= 0.6 is 0 Å². The Morgan fingerprint density at radius 2 is 1.87 bits per heavy atom. The van der Waals surface area contributed by atoms with Crippen LogP contribution in [0.2, 0.25) is 0 Å². The molecule has 0 aliphatic carbocycles. The summed E-state index contributed by atoms with van der Waals surface area (Å²) in [6, 6.07) is 9.03. The molecule has 7 nitrogen and oxygen atoms in total. The van der Waals surface area contributed by atoms with Gasteiger partial charge in [-0.2, -0.15) is 9.97 Å². The van der Waals surface area contributed by atoms with Crippen LogP contribution in [0.3, 0.4) is 0 Å². The number of benzene rings is 1. The van der Waals surface area contributed by atoms with Gasteiger partial charge in [-0.3, -0.25) is 9.69 Å². The molecule has 0 radical (unpaired) electrons. The van der Waals surface area contributed by atoms with Crippen molar-refractivity contribution in [1.82, 2.24) is 14.9 Å². The molecule has 1 aromatic carbocycles. The highest BCUT2D eigenvalue weighted by Gasteiger charge is 2.25. The molecule has 0 unspecified atom stereocenters. The molecule has 2 N–H and O–H groups in total. The maximum absolute atomic E-state index is 12.4. The topological polar surface area (TPSA) is 84.6 Å². The van der Waals surface area contributed by atoms with Gasteiger partial charge in [0.15, 0.2) is 0 Å². The van der Waals surface area contributed by atoms with Crippen molar-refractivity contribution < 1.29 is 9.53 Å². The highest BCUT2D eigenvalue weighted by molar-refractivity contribution is 5.85. The SMILES string of the molecule is CCCCOc1nc(N)c2c(n1)N(Cc1cccc(CN3CCCC3)c1)CCC(=O)C2. The Morgan fingerprint density at radius 1 is 1.10 bits per heavy atom. The first-order chi connectivity index (χ1) is 15.1. The summed E-state index contributed by atoms with van der Waals surface area (Å²) in [5.74, 6) is 1.25. The second-order valence-electron chi connectivity index (χ2n) is 8.59. The molecule has 1 aromatic heterocycles. The van der Waals surface area contributed by atoms with Gasteiger partial charge < -0.3 is 15.4 Å². The zero-order valence-electron chi connectivity index (χ0n) is 18.5. The number of carbonyl (C=O) groups excluding carboxylic acids is 1. The maximum Gasteiger partial charge on any atom is 0.320 e. The van der Waals surface area contributed by atoms with E-state index in [0.29, 0.717) is 37.9 Å². The monoisotopic (exact) mass is 423 g/mol. The van der Waals surface area contributed by atoms with E-state index in [1.54, 1.807) is 0 Å². The van der Waals surface area contributed by atoms with Crippen molar-refractivity contribution in [2.75, 3.05) is 36.9 Å². The van der Waals surface area contributed by atoms with Crippen LogP contribution in [0.15, 0.2) is 24.3 Å². The molecular weight excluding hydrogens is 390 g/mol. The van der Waals surface area contributed by atoms with Gasteiger partial charge in [-0.25, -0.2) is 0 Å². The summed E-state index contributed by atoms with van der Waals surface area (Å²) in [6.07, 6.45) is 5.32. The fourth-order valence-electron chi connectivity index (χ4n) is 4.32. The molecule has 2 aliphatic heterocycles. The van der Waals surface area contributed by atoms with Gasteiger partial charge in [-0.15, -0.1) is 0 Å². The van der Waals surface area contributed by atoms with Gasteiger partial charge in [0.2, 0.25) is 0 Å². The largest absolute Gasteiger partial charge is 0.463 e. The molecule has 1 saturated heterocycles. The number of aromatic nitrogens is 2. The summed E-state index contributed by atoms with van der Waals surface area (Å²) in [5.41, 5.74) is 9.50. The number of nitrogens with two attached hydrogens (primary N) is 1. The van der Waals surface area contributed by atoms with Gasteiger partial charge in [0.25, 0.3) is 0 Å². The van der Waals surface area contributed by atoms with Crippen LogP contribution in [0.5, 0.6) is 6.01 Å². The molecular formula is C24H33N5O2. The first-order valence-electron chi connectivity index (χ1n) is 11.5. The van der Waals surface area contributed by atoms with Gasteiger partial charge in [0.1, 0.15) is 17.4 Å². The number of nitrogen functional groups attached to an aromatic ring is 1. The number of ether oxygens (including phenoxy) is 1. The van der Waals surface area contributed by atoms with Crippen molar-refractivity contribution in [2.24, 2.45) is 0 Å². The van der Waals surface area contributed by atoms with E-state index < -0.39 is 0 Å². The maximum atomic E-state index is 12.4. The lowest BCUT2D eigenvalue weighted by atomic mass is 10.1. The lowest BCUT2D eigenvalue weighted by molar-refractivity contribution is -0.118. The summed E-state index contributed by atoms with van der Waals surface area (Å²) in [7, 11) is 0. The van der Waals surface area contributed by atoms with Crippen molar-refractivity contribution in [3.63, 3.8) is 0 Å². The summed E-state index contributed by atoms with van der Waals surface area (Å²) in [4.78, 5) is 26.0. The number of likely N-dealkylation sites (tertiary alicyclic amines) is 1. The predicted octanol–water partition coefficient (Wildman–Crippen LogP) is 3.36. The summed E-state index contributed by atoms with van der Waals surface area (Å²) in [5, 5.41) is 0. The highest BCUT2D eigenvalue weighted by Crippen LogP contribution is 2.30. The Balaban J connectivity index is 1.56. The average molecular weight is 424 g/mol. The number of Topliss-reactive ketones (excluding diaryl/α,β-unsaturated/α-hetero) is 1. The molecule has 0 saturated carbocycles. The number of unbranched alkanes of at least 4 members (excludes halogenated alkanes) is 1. The first kappa shape index (κ1) is 21.6. The van der Waals surface area contributed by atoms with Gasteiger partial charge in [0, 0.05) is 38.0 Å². The van der Waals surface area contributed by atoms with Gasteiger partial charge in [-0.1, -0.05) is 37.6 Å². The van der Waals surface area contributed by atoms with Crippen LogP contribution < -0.4 is 15.4 Å². The fraction of sp³-hybridized carbons (Fsp3) is 0.542. The van der Waals surface area contributed by atoms with E-state index in [-0.39, 0.29) is 12.2 Å². The second kappa shape index (κ2) is 10.1. The lowest BCUT2D eigenvalue weighted by Crippen LogP contribution is -2.26. The third-order valence-electron chi connectivity index (χ3n) is 6.03. The third kappa shape index (κ3) is 5.53. The summed E-state index contributed by atoms with van der Waals surface area (Å²) >= 11 is 0. The minimum Gasteiger partial charge on any atom is -0.463 e. The number of ketones is 1. The van der Waals surface area contributed by atoms with Crippen molar-refractivity contribution in [1.29, 1.82) is 0 Å². The van der Waals surface area contributed by atoms with Crippen molar-refractivity contribution >= 4 is 17.4 Å². The fourth-order valence-corrected chi connectivity index (χ4v) is 4.32. The zero-order chi connectivity index (χ0) is 21.6. The van der Waals surface area contributed by atoms with E-state index in [2.05, 4.69) is 51.0 Å². The van der Waals surface area contributed by atoms with E-state index in [4.69, 9.17) is 10.5 Å². The standard InChI is InChI=1S/C24H33N5O2/c1-2-3-13-31-24-26-22(25)21-15-20(30)9-12-29(23(21)27-24)17-19-8-6-7-18(14-19)16-28-10-4-5-11-28/h6-8,14H,2-5,9-13,15-17H2,1H3,(H2,25,26,27). The number of nitrogens with zero attached hydrogens (tertiary/aromatic N) is 4. The van der Waals surface area contributed by atoms with Crippen molar-refractivity contribution in [3.05, 3.63) is 41.0 Å². The molecule has 4 rings (SSSR count). The van der Waals surface area contributed by atoms with Crippen LogP contribution in [0.25, 0.3) is 0 Å². The van der Waals surface area contributed by atoms with Crippen LogP contribution in [-0.2, 0) is 24.3 Å². The Bertz CT molecular complexity index is 911. The predicted molar refractivity (Wildman–Crippen MR) is 122 cm³/mol. The number of anilines is 2. The molecule has 0 bridgehead atoms. The molecule has 0 spiro atoms. The zero-order valence-corrected chi connectivity index (χ0v) is 18.5. The summed E-state index contributed by atoms with van der Waals surface area (Å²) in [6.45, 7) is 7.33. The van der Waals surface area contributed by atoms with Crippen molar-refractivity contribution in [3.8, 4) is 6.01 Å². The van der Waals surface area contributed by atoms with E-state index in [1.807, 2.05) is 0 Å². The smallest absolute Gasteiger partial charge is 0.320 e. The second-order valence-corrected chi connectivity index (χ2v) is 8.59. The first-order valence-corrected chi connectivity index (χ1v) is 11.5. The van der Waals surface area contributed by atoms with E-state index >= 15 is 0 Å². The average Bonchev–Trinajstić information content (AvgIpc) is 3.20. The van der Waals surface area contributed by atoms with Crippen LogP contribution in [0.4, 0.5) is 11.6 Å². The quantitative estimate of drug-likeness (QED) is 0.652. The molecule has 31 heavy (non-hydrogen) atoms. The third-order valence-corrected chi connectivity index (χ3v) is 6.03. The molecule has 0 atom stereocenters. The van der Waals surface area contributed by atoms with Gasteiger partial charge in [-0.05, 0) is 43.5 Å². The minimum absolute atomic E-state index is 0.168. The molecule has 3 heterocycles. The molecule has 2 aromatic rings. The Labute approximate surface area is 184 Å². The molecule has 2 aliphatic rings. The molecule has 166 valence electrons. The number of hydrogen-bond acceptors (Lipinski definition) is 7. The number of carbonyl (C=O) groups is 1. The van der Waals surface area contributed by atoms with Gasteiger partial charge in [0.05, 0.1) is 6.61 Å². The number of fused-ring (bicyclic) bond motifs is 1. The molecule has 0 amide bonds. The van der Waals surface area contributed by atoms with E-state index in [0.717, 1.165) is 30.8 Å². The van der Waals surface area contributed by atoms with Crippen LogP contribution in [0, 0.1) is 0 Å².